The van der Waals surface area contributed by atoms with Crippen molar-refractivity contribution in [3.8, 4) is 0 Å². The van der Waals surface area contributed by atoms with E-state index in [0.717, 1.165) is 30.7 Å². The van der Waals surface area contributed by atoms with Crippen molar-refractivity contribution in [2.45, 2.75) is 13.3 Å². The van der Waals surface area contributed by atoms with Gasteiger partial charge in [0.15, 0.2) is 0 Å². The van der Waals surface area contributed by atoms with Crippen LogP contribution in [0.1, 0.15) is 12.0 Å². The summed E-state index contributed by atoms with van der Waals surface area (Å²) in [5, 5.41) is 4.58. The fourth-order valence-electron chi connectivity index (χ4n) is 1.79. The molecular weight excluding hydrogens is 198 g/mol. The summed E-state index contributed by atoms with van der Waals surface area (Å²) in [7, 11) is 0. The van der Waals surface area contributed by atoms with Gasteiger partial charge in [-0.15, -0.1) is 0 Å². The summed E-state index contributed by atoms with van der Waals surface area (Å²) >= 11 is 0. The molecular formula is C13H17N3. The van der Waals surface area contributed by atoms with Gasteiger partial charge in [0.2, 0.25) is 0 Å². The molecule has 0 saturated heterocycles. The number of hydrogen-bond acceptors (Lipinski definition) is 3. The van der Waals surface area contributed by atoms with Crippen molar-refractivity contribution >= 4 is 16.6 Å². The molecule has 1 heterocycles. The third-order valence-electron chi connectivity index (χ3n) is 2.67. The van der Waals surface area contributed by atoms with Gasteiger partial charge in [0.1, 0.15) is 0 Å². The molecule has 0 fully saturated rings. The Morgan fingerprint density at radius 3 is 3.00 bits per heavy atom. The van der Waals surface area contributed by atoms with E-state index in [9.17, 15) is 0 Å². The van der Waals surface area contributed by atoms with Crippen LogP contribution < -0.4 is 11.1 Å². The average molecular weight is 215 g/mol. The minimum absolute atomic E-state index is 0.717. The van der Waals surface area contributed by atoms with Crippen LogP contribution in [0.4, 0.5) is 5.69 Å². The number of anilines is 1. The molecule has 2 rings (SSSR count). The van der Waals surface area contributed by atoms with Crippen molar-refractivity contribution in [2.24, 2.45) is 5.73 Å². The van der Waals surface area contributed by atoms with Crippen molar-refractivity contribution < 1.29 is 0 Å². The molecule has 1 aromatic heterocycles. The Hall–Kier alpha value is -1.61. The van der Waals surface area contributed by atoms with Crippen LogP contribution in [0.2, 0.25) is 0 Å². The Bertz CT molecular complexity index is 480. The van der Waals surface area contributed by atoms with E-state index in [0.29, 0.717) is 0 Å². The van der Waals surface area contributed by atoms with Crippen LogP contribution in [0.15, 0.2) is 30.5 Å². The topological polar surface area (TPSA) is 50.9 Å². The van der Waals surface area contributed by atoms with Crippen molar-refractivity contribution in [3.63, 3.8) is 0 Å². The van der Waals surface area contributed by atoms with Crippen LogP contribution in [0.25, 0.3) is 10.9 Å². The second kappa shape index (κ2) is 4.94. The van der Waals surface area contributed by atoms with E-state index in [4.69, 9.17) is 5.73 Å². The molecule has 3 heteroatoms. The van der Waals surface area contributed by atoms with Crippen molar-refractivity contribution in [2.75, 3.05) is 18.4 Å². The first-order valence-electron chi connectivity index (χ1n) is 5.61. The molecule has 0 spiro atoms. The number of aryl methyl sites for hydroxylation is 1. The Labute approximate surface area is 95.7 Å². The van der Waals surface area contributed by atoms with E-state index in [2.05, 4.69) is 35.4 Å². The number of nitrogens with zero attached hydrogens (tertiary/aromatic N) is 1. The van der Waals surface area contributed by atoms with E-state index in [1.807, 2.05) is 12.3 Å². The summed E-state index contributed by atoms with van der Waals surface area (Å²) < 4.78 is 0. The highest BCUT2D eigenvalue weighted by Crippen LogP contribution is 2.24. The molecule has 1 aromatic carbocycles. The van der Waals surface area contributed by atoms with E-state index < -0.39 is 0 Å². The molecule has 0 aliphatic carbocycles. The van der Waals surface area contributed by atoms with Crippen LogP contribution in [0.5, 0.6) is 0 Å². The lowest BCUT2D eigenvalue weighted by Crippen LogP contribution is -2.08. The highest BCUT2D eigenvalue weighted by atomic mass is 14.9. The van der Waals surface area contributed by atoms with Crippen molar-refractivity contribution in [1.82, 2.24) is 4.98 Å². The molecule has 0 bridgehead atoms. The second-order valence-corrected chi connectivity index (χ2v) is 3.90. The quantitative estimate of drug-likeness (QED) is 0.769. The minimum Gasteiger partial charge on any atom is -0.384 e. The molecule has 16 heavy (non-hydrogen) atoms. The van der Waals surface area contributed by atoms with Crippen molar-refractivity contribution in [3.05, 3.63) is 36.0 Å². The monoisotopic (exact) mass is 215 g/mol. The molecule has 0 aliphatic heterocycles. The van der Waals surface area contributed by atoms with E-state index in [-0.39, 0.29) is 0 Å². The number of rotatable bonds is 4. The maximum atomic E-state index is 5.48. The fraction of sp³-hybridized carbons (Fsp3) is 0.308. The third-order valence-corrected chi connectivity index (χ3v) is 2.67. The SMILES string of the molecule is Cc1ccc(NCCCN)c2cccnc12. The zero-order chi connectivity index (χ0) is 11.4. The van der Waals surface area contributed by atoms with Crippen LogP contribution in [0.3, 0.4) is 0 Å². The first kappa shape index (κ1) is 10.9. The lowest BCUT2D eigenvalue weighted by molar-refractivity contribution is 0.875. The molecule has 3 N–H and O–H groups in total. The van der Waals surface area contributed by atoms with Gasteiger partial charge in [-0.1, -0.05) is 6.07 Å². The third kappa shape index (κ3) is 2.14. The molecule has 0 amide bonds. The van der Waals surface area contributed by atoms with Crippen LogP contribution >= 0.6 is 0 Å². The second-order valence-electron chi connectivity index (χ2n) is 3.90. The molecule has 2 aromatic rings. The molecule has 0 unspecified atom stereocenters. The maximum Gasteiger partial charge on any atom is 0.0751 e. The van der Waals surface area contributed by atoms with Crippen LogP contribution in [-0.4, -0.2) is 18.1 Å². The van der Waals surface area contributed by atoms with Gasteiger partial charge in [0.05, 0.1) is 5.52 Å². The number of nitrogens with two attached hydrogens (primary N) is 1. The zero-order valence-corrected chi connectivity index (χ0v) is 9.53. The Balaban J connectivity index is 2.35. The molecule has 0 radical (unpaired) electrons. The number of hydrogen-bond donors (Lipinski definition) is 2. The maximum absolute atomic E-state index is 5.48. The van der Waals surface area contributed by atoms with Gasteiger partial charge in [0, 0.05) is 23.8 Å². The smallest absolute Gasteiger partial charge is 0.0751 e. The standard InChI is InChI=1S/C13H17N3/c1-10-5-6-12(15-9-3-7-14)11-4-2-8-16-13(10)11/h2,4-6,8,15H,3,7,9,14H2,1H3. The predicted molar refractivity (Wildman–Crippen MR) is 68.6 cm³/mol. The van der Waals surface area contributed by atoms with Gasteiger partial charge in [-0.25, -0.2) is 0 Å². The van der Waals surface area contributed by atoms with Gasteiger partial charge in [-0.3, -0.25) is 4.98 Å². The van der Waals surface area contributed by atoms with Crippen molar-refractivity contribution in [1.29, 1.82) is 0 Å². The first-order valence-corrected chi connectivity index (χ1v) is 5.61. The average Bonchev–Trinajstić information content (AvgIpc) is 2.33. The minimum atomic E-state index is 0.717. The lowest BCUT2D eigenvalue weighted by atomic mass is 10.1. The van der Waals surface area contributed by atoms with Crippen LogP contribution in [0, 0.1) is 6.92 Å². The molecule has 84 valence electrons. The fourth-order valence-corrected chi connectivity index (χ4v) is 1.79. The van der Waals surface area contributed by atoms with Gasteiger partial charge in [-0.05, 0) is 43.7 Å². The summed E-state index contributed by atoms with van der Waals surface area (Å²) in [5.41, 5.74) is 8.90. The summed E-state index contributed by atoms with van der Waals surface area (Å²) in [6.07, 6.45) is 2.81. The van der Waals surface area contributed by atoms with Gasteiger partial charge >= 0.3 is 0 Å². The Kier molecular flexibility index (Phi) is 3.37. The molecule has 0 saturated carbocycles. The molecule has 0 aliphatic rings. The zero-order valence-electron chi connectivity index (χ0n) is 9.53. The number of aromatic nitrogens is 1. The van der Waals surface area contributed by atoms with E-state index in [1.54, 1.807) is 0 Å². The lowest BCUT2D eigenvalue weighted by Gasteiger charge is -2.10. The Morgan fingerprint density at radius 1 is 1.31 bits per heavy atom. The van der Waals surface area contributed by atoms with Gasteiger partial charge in [-0.2, -0.15) is 0 Å². The largest absolute Gasteiger partial charge is 0.384 e. The van der Waals surface area contributed by atoms with Crippen LogP contribution in [-0.2, 0) is 0 Å². The van der Waals surface area contributed by atoms with E-state index in [1.165, 1.54) is 10.9 Å². The highest BCUT2D eigenvalue weighted by molar-refractivity contribution is 5.93. The summed E-state index contributed by atoms with van der Waals surface area (Å²) in [6, 6.07) is 8.27. The summed E-state index contributed by atoms with van der Waals surface area (Å²) in [6.45, 7) is 3.71. The Morgan fingerprint density at radius 2 is 2.19 bits per heavy atom. The number of pyridine rings is 1. The number of nitrogens with one attached hydrogen (secondary N) is 1. The van der Waals surface area contributed by atoms with E-state index >= 15 is 0 Å². The summed E-state index contributed by atoms with van der Waals surface area (Å²) in [5.74, 6) is 0. The number of benzene rings is 1. The molecule has 3 nitrogen and oxygen atoms in total. The first-order chi connectivity index (χ1) is 7.83. The summed E-state index contributed by atoms with van der Waals surface area (Å²) in [4.78, 5) is 4.40. The molecule has 0 atom stereocenters. The predicted octanol–water partition coefficient (Wildman–Crippen LogP) is 2.30. The highest BCUT2D eigenvalue weighted by Gasteiger charge is 2.02. The normalized spacial score (nSPS) is 10.6. The van der Waals surface area contributed by atoms with Gasteiger partial charge < -0.3 is 11.1 Å². The number of fused-ring (bicyclic) bond motifs is 1. The van der Waals surface area contributed by atoms with Gasteiger partial charge in [0.25, 0.3) is 0 Å².